The Hall–Kier alpha value is -2.32. The van der Waals surface area contributed by atoms with Crippen LogP contribution in [0.3, 0.4) is 0 Å². The van der Waals surface area contributed by atoms with E-state index in [1.165, 1.54) is 12.3 Å². The van der Waals surface area contributed by atoms with Crippen molar-refractivity contribution >= 4 is 5.97 Å². The Morgan fingerprint density at radius 2 is 2.15 bits per heavy atom. The van der Waals surface area contributed by atoms with Crippen molar-refractivity contribution in [2.24, 2.45) is 0 Å². The van der Waals surface area contributed by atoms with E-state index in [1.807, 2.05) is 11.9 Å². The van der Waals surface area contributed by atoms with Crippen LogP contribution in [0.2, 0.25) is 0 Å². The van der Waals surface area contributed by atoms with Gasteiger partial charge >= 0.3 is 5.97 Å². The summed E-state index contributed by atoms with van der Waals surface area (Å²) in [5.74, 6) is -2.39. The molecule has 1 saturated heterocycles. The Morgan fingerprint density at radius 1 is 1.33 bits per heavy atom. The molecule has 1 aromatic carbocycles. The summed E-state index contributed by atoms with van der Waals surface area (Å²) < 4.78 is 31.9. The number of hydrogen-bond donors (Lipinski definition) is 1. The van der Waals surface area contributed by atoms with Crippen LogP contribution in [0.5, 0.6) is 0 Å². The number of oxazole rings is 1. The van der Waals surface area contributed by atoms with Crippen LogP contribution in [0.1, 0.15) is 25.0 Å². The topological polar surface area (TPSA) is 69.8 Å². The Balaban J connectivity index is 1.59. The van der Waals surface area contributed by atoms with Crippen LogP contribution in [0, 0.1) is 11.6 Å². The van der Waals surface area contributed by atoms with Crippen LogP contribution >= 0.6 is 0 Å². The molecule has 1 aliphatic rings. The van der Waals surface area contributed by atoms with Crippen LogP contribution in [0.4, 0.5) is 8.78 Å². The first-order valence-electron chi connectivity index (χ1n) is 8.96. The molecule has 0 bridgehead atoms. The second-order valence-electron chi connectivity index (χ2n) is 6.94. The number of likely N-dealkylation sites (tertiary alicyclic amines) is 1. The van der Waals surface area contributed by atoms with E-state index >= 15 is 0 Å². The molecule has 0 saturated carbocycles. The van der Waals surface area contributed by atoms with Crippen molar-refractivity contribution in [3.63, 3.8) is 0 Å². The first-order valence-corrected chi connectivity index (χ1v) is 8.96. The van der Waals surface area contributed by atoms with Gasteiger partial charge in [0.25, 0.3) is 0 Å². The summed E-state index contributed by atoms with van der Waals surface area (Å²) >= 11 is 0. The molecule has 6 nitrogen and oxygen atoms in total. The number of nitrogens with zero attached hydrogens (tertiary/aromatic N) is 3. The summed E-state index contributed by atoms with van der Waals surface area (Å²) in [7, 11) is 1.85. The molecule has 0 aliphatic carbocycles. The second kappa shape index (κ2) is 8.58. The van der Waals surface area contributed by atoms with E-state index in [0.717, 1.165) is 50.2 Å². The molecule has 2 heterocycles. The maximum absolute atomic E-state index is 13.4. The summed E-state index contributed by atoms with van der Waals surface area (Å²) in [5, 5.41) is 8.95. The third kappa shape index (κ3) is 5.11. The molecule has 0 spiro atoms. The molecule has 0 radical (unpaired) electrons. The Morgan fingerprint density at radius 3 is 2.89 bits per heavy atom. The first-order chi connectivity index (χ1) is 12.9. The average molecular weight is 379 g/mol. The summed E-state index contributed by atoms with van der Waals surface area (Å²) in [4.78, 5) is 19.4. The Kier molecular flexibility index (Phi) is 6.18. The molecule has 146 valence electrons. The predicted molar refractivity (Wildman–Crippen MR) is 95.0 cm³/mol. The van der Waals surface area contributed by atoms with Crippen LogP contribution < -0.4 is 0 Å². The largest absolute Gasteiger partial charge is 0.480 e. The molecule has 1 aromatic heterocycles. The number of carboxylic acids is 1. The van der Waals surface area contributed by atoms with Gasteiger partial charge in [-0.3, -0.25) is 14.6 Å². The van der Waals surface area contributed by atoms with Gasteiger partial charge in [0.15, 0.2) is 11.6 Å². The van der Waals surface area contributed by atoms with Gasteiger partial charge in [-0.2, -0.15) is 0 Å². The lowest BCUT2D eigenvalue weighted by molar-refractivity contribution is -0.138. The third-order valence-corrected chi connectivity index (χ3v) is 4.90. The molecule has 1 N–H and O–H groups in total. The third-order valence-electron chi connectivity index (χ3n) is 4.90. The highest BCUT2D eigenvalue weighted by Gasteiger charge is 2.22. The van der Waals surface area contributed by atoms with Crippen LogP contribution in [-0.4, -0.2) is 58.6 Å². The minimum Gasteiger partial charge on any atom is -0.480 e. The number of aliphatic carboxylic acids is 1. The number of aromatic nitrogens is 1. The quantitative estimate of drug-likeness (QED) is 0.832. The molecule has 27 heavy (non-hydrogen) atoms. The van der Waals surface area contributed by atoms with Crippen molar-refractivity contribution in [2.75, 3.05) is 26.7 Å². The zero-order chi connectivity index (χ0) is 19.4. The van der Waals surface area contributed by atoms with Crippen molar-refractivity contribution in [2.45, 2.75) is 31.8 Å². The lowest BCUT2D eigenvalue weighted by Crippen LogP contribution is -2.36. The van der Waals surface area contributed by atoms with Crippen LogP contribution in [0.15, 0.2) is 28.9 Å². The van der Waals surface area contributed by atoms with Gasteiger partial charge in [0.1, 0.15) is 6.26 Å². The fourth-order valence-corrected chi connectivity index (χ4v) is 3.45. The molecular formula is C19H23F2N3O3. The van der Waals surface area contributed by atoms with Gasteiger partial charge in [-0.1, -0.05) is 0 Å². The molecule has 1 aliphatic heterocycles. The second-order valence-corrected chi connectivity index (χ2v) is 6.94. The van der Waals surface area contributed by atoms with Gasteiger partial charge in [-0.05, 0) is 51.1 Å². The number of likely N-dealkylation sites (N-methyl/N-ethyl adjacent to an activating group) is 1. The number of carbonyl (C=O) groups is 1. The maximum Gasteiger partial charge on any atom is 0.317 e. The zero-order valence-corrected chi connectivity index (χ0v) is 15.2. The normalized spacial score (nSPS) is 18.6. The van der Waals surface area contributed by atoms with E-state index in [2.05, 4.69) is 9.88 Å². The average Bonchev–Trinajstić information content (AvgIpc) is 2.94. The highest BCUT2D eigenvalue weighted by atomic mass is 19.2. The van der Waals surface area contributed by atoms with Gasteiger partial charge < -0.3 is 9.52 Å². The highest BCUT2D eigenvalue weighted by Crippen LogP contribution is 2.22. The Bertz CT molecular complexity index is 796. The number of hydrogen-bond acceptors (Lipinski definition) is 5. The van der Waals surface area contributed by atoms with Gasteiger partial charge in [0.05, 0.1) is 12.2 Å². The zero-order valence-electron chi connectivity index (χ0n) is 15.2. The van der Waals surface area contributed by atoms with E-state index in [9.17, 15) is 13.6 Å². The number of carboxylic acid groups (broad SMARTS) is 1. The van der Waals surface area contributed by atoms with E-state index < -0.39 is 17.6 Å². The lowest BCUT2D eigenvalue weighted by atomic mass is 10.1. The van der Waals surface area contributed by atoms with E-state index in [0.29, 0.717) is 12.1 Å². The fraction of sp³-hybridized carbons (Fsp3) is 0.474. The van der Waals surface area contributed by atoms with Crippen molar-refractivity contribution in [1.82, 2.24) is 14.8 Å². The molecule has 1 fully saturated rings. The highest BCUT2D eigenvalue weighted by molar-refractivity contribution is 5.69. The maximum atomic E-state index is 13.4. The standard InChI is InChI=1S/C19H23F2N3O3/c1-23(11-18(25)26)15-3-2-7-24(8-6-15)10-14-12-27-19(22-14)13-4-5-16(20)17(21)9-13/h4-5,9,12,15H,2-3,6-8,10-11H2,1H3,(H,25,26). The van der Waals surface area contributed by atoms with Crippen molar-refractivity contribution in [3.8, 4) is 11.5 Å². The molecule has 0 amide bonds. The first kappa shape index (κ1) is 19.4. The summed E-state index contributed by atoms with van der Waals surface area (Å²) in [6.45, 7) is 2.38. The van der Waals surface area contributed by atoms with E-state index in [4.69, 9.17) is 9.52 Å². The van der Waals surface area contributed by atoms with Crippen LogP contribution in [0.25, 0.3) is 11.5 Å². The molecular weight excluding hydrogens is 356 g/mol. The summed E-state index contributed by atoms with van der Waals surface area (Å²) in [5.41, 5.74) is 1.12. The molecule has 1 atom stereocenters. The van der Waals surface area contributed by atoms with E-state index in [1.54, 1.807) is 0 Å². The summed E-state index contributed by atoms with van der Waals surface area (Å²) in [6, 6.07) is 3.81. The van der Waals surface area contributed by atoms with Crippen molar-refractivity contribution < 1.29 is 23.1 Å². The number of halogens is 2. The van der Waals surface area contributed by atoms with Gasteiger partial charge in [0.2, 0.25) is 5.89 Å². The minimum atomic E-state index is -0.934. The number of benzene rings is 1. The SMILES string of the molecule is CN(CC(=O)O)C1CCCN(Cc2coc(-c3ccc(F)c(F)c3)n2)CC1. The van der Waals surface area contributed by atoms with Gasteiger partial charge in [-0.25, -0.2) is 13.8 Å². The molecule has 3 rings (SSSR count). The van der Waals surface area contributed by atoms with Gasteiger partial charge in [0, 0.05) is 24.7 Å². The Labute approximate surface area is 156 Å². The fourth-order valence-electron chi connectivity index (χ4n) is 3.45. The lowest BCUT2D eigenvalue weighted by Gasteiger charge is -2.25. The monoisotopic (exact) mass is 379 g/mol. The van der Waals surface area contributed by atoms with Crippen molar-refractivity contribution in [1.29, 1.82) is 0 Å². The molecule has 8 heteroatoms. The summed E-state index contributed by atoms with van der Waals surface area (Å²) in [6.07, 6.45) is 4.36. The smallest absolute Gasteiger partial charge is 0.317 e. The van der Waals surface area contributed by atoms with Crippen molar-refractivity contribution in [3.05, 3.63) is 41.8 Å². The predicted octanol–water partition coefficient (Wildman–Crippen LogP) is 2.99. The number of rotatable bonds is 6. The molecule has 2 aromatic rings. The van der Waals surface area contributed by atoms with E-state index in [-0.39, 0.29) is 18.5 Å². The van der Waals surface area contributed by atoms with Gasteiger partial charge in [-0.15, -0.1) is 0 Å². The molecule has 1 unspecified atom stereocenters. The minimum absolute atomic E-state index is 0.0472. The van der Waals surface area contributed by atoms with Crippen LogP contribution in [-0.2, 0) is 11.3 Å².